The van der Waals surface area contributed by atoms with E-state index in [0.29, 0.717) is 5.54 Å². The molecule has 0 spiro atoms. The zero-order valence-electron chi connectivity index (χ0n) is 7.74. The summed E-state index contributed by atoms with van der Waals surface area (Å²) in [6, 6.07) is 0. The van der Waals surface area contributed by atoms with Crippen LogP contribution in [0.1, 0.15) is 39.5 Å². The summed E-state index contributed by atoms with van der Waals surface area (Å²) in [5, 5.41) is 0. The number of rotatable bonds is 2. The molecule has 1 aliphatic carbocycles. The minimum Gasteiger partial charge on any atom is -0.150 e. The van der Waals surface area contributed by atoms with Crippen LogP contribution in [0.4, 0.5) is 0 Å². The molecule has 0 bridgehead atoms. The molecule has 0 aromatic heterocycles. The molecule has 1 rings (SSSR count). The number of allylic oxidation sites excluding steroid dienone is 2. The van der Waals surface area contributed by atoms with Crippen LogP contribution in [0.15, 0.2) is 11.1 Å². The smallest absolute Gasteiger partial charge is 0.150 e. The topological polar surface area (TPSA) is 0 Å². The molecule has 0 N–H and O–H groups in total. The Hall–Kier alpha value is 0.537. The Morgan fingerprint density at radius 1 is 1.25 bits per heavy atom. The zero-order chi connectivity index (χ0) is 9.14. The van der Waals surface area contributed by atoms with E-state index in [2.05, 4.69) is 13.8 Å². The van der Waals surface area contributed by atoms with Crippen LogP contribution in [0.5, 0.6) is 0 Å². The second kappa shape index (κ2) is 4.68. The van der Waals surface area contributed by atoms with Crippen molar-refractivity contribution in [1.82, 2.24) is 0 Å². The van der Waals surface area contributed by atoms with E-state index in [9.17, 15) is 0 Å². The fourth-order valence-corrected chi connectivity index (χ4v) is 3.52. The molecule has 0 fully saturated rings. The van der Waals surface area contributed by atoms with Gasteiger partial charge in [-0.3, -0.25) is 0 Å². The van der Waals surface area contributed by atoms with Gasteiger partial charge in [0.1, 0.15) is 0 Å². The van der Waals surface area contributed by atoms with Crippen LogP contribution in [0.25, 0.3) is 0 Å². The van der Waals surface area contributed by atoms with Gasteiger partial charge in [-0.2, -0.15) is 0 Å². The molecule has 0 aliphatic heterocycles. The lowest BCUT2D eigenvalue weighted by Gasteiger charge is -2.23. The molecule has 0 heterocycles. The van der Waals surface area contributed by atoms with E-state index < -0.39 is 7.42 Å². The quantitative estimate of drug-likeness (QED) is 0.377. The van der Waals surface area contributed by atoms with Crippen molar-refractivity contribution in [3.8, 4) is 0 Å². The van der Waals surface area contributed by atoms with E-state index in [4.69, 9.17) is 22.2 Å². The van der Waals surface area contributed by atoms with Gasteiger partial charge in [0.15, 0.2) is 0 Å². The van der Waals surface area contributed by atoms with Crippen LogP contribution in [0, 0.1) is 0 Å². The van der Waals surface area contributed by atoms with E-state index in [0.717, 1.165) is 0 Å². The first-order valence-electron chi connectivity index (χ1n) is 4.59. The van der Waals surface area contributed by atoms with Gasteiger partial charge in [-0.1, -0.05) is 18.1 Å². The van der Waals surface area contributed by atoms with Crippen LogP contribution >= 0.6 is 22.2 Å². The van der Waals surface area contributed by atoms with E-state index in [-0.39, 0.29) is 0 Å². The van der Waals surface area contributed by atoms with Crippen LogP contribution in [-0.4, -0.2) is 7.42 Å². The molecule has 70 valence electrons. The van der Waals surface area contributed by atoms with Crippen molar-refractivity contribution in [2.75, 3.05) is 0 Å². The van der Waals surface area contributed by atoms with E-state index >= 15 is 0 Å². The third-order valence-corrected chi connectivity index (χ3v) is 6.15. The third-order valence-electron chi connectivity index (χ3n) is 2.72. The Balaban J connectivity index is 2.70. The van der Waals surface area contributed by atoms with Crippen molar-refractivity contribution >= 4 is 29.6 Å². The van der Waals surface area contributed by atoms with Crippen LogP contribution < -0.4 is 0 Å². The Morgan fingerprint density at radius 3 is 2.33 bits per heavy atom. The summed E-state index contributed by atoms with van der Waals surface area (Å²) in [6.07, 6.45) is 5.16. The Labute approximate surface area is 86.0 Å². The summed E-state index contributed by atoms with van der Waals surface area (Å²) in [5.41, 5.74) is 3.59. The van der Waals surface area contributed by atoms with Gasteiger partial charge in [-0.15, -0.1) is 22.2 Å². The molecule has 1 unspecified atom stereocenters. The highest BCUT2D eigenvalue weighted by atomic mass is 35.7. The molecular formula is C9H16Cl2Si. The van der Waals surface area contributed by atoms with Crippen molar-refractivity contribution in [3.05, 3.63) is 11.1 Å². The van der Waals surface area contributed by atoms with Gasteiger partial charge >= 0.3 is 0 Å². The Bertz CT molecular complexity index is 187. The average molecular weight is 223 g/mol. The highest BCUT2D eigenvalue weighted by molar-refractivity contribution is 7.34. The van der Waals surface area contributed by atoms with Crippen molar-refractivity contribution in [3.63, 3.8) is 0 Å². The summed E-state index contributed by atoms with van der Waals surface area (Å²) in [4.78, 5) is 0. The highest BCUT2D eigenvalue weighted by Crippen LogP contribution is 2.36. The second-order valence-corrected chi connectivity index (χ2v) is 8.80. The van der Waals surface area contributed by atoms with Crippen molar-refractivity contribution in [2.24, 2.45) is 0 Å². The number of hydrogen-bond donors (Lipinski definition) is 0. The lowest BCUT2D eigenvalue weighted by atomic mass is 9.91. The molecule has 0 saturated carbocycles. The molecule has 0 amide bonds. The summed E-state index contributed by atoms with van der Waals surface area (Å²) >= 11 is 12.0. The van der Waals surface area contributed by atoms with Gasteiger partial charge in [0.2, 0.25) is 7.42 Å². The molecule has 0 nitrogen and oxygen atoms in total. The molecule has 1 atom stereocenters. The molecular weight excluding hydrogens is 207 g/mol. The fraction of sp³-hybridized carbons (Fsp3) is 0.778. The fourth-order valence-electron chi connectivity index (χ4n) is 1.85. The lowest BCUT2D eigenvalue weighted by molar-refractivity contribution is 0.655. The number of hydrogen-bond acceptors (Lipinski definition) is 0. The maximum absolute atomic E-state index is 6.00. The summed E-state index contributed by atoms with van der Waals surface area (Å²) in [7, 11) is -1.49. The molecule has 0 aromatic rings. The first-order chi connectivity index (χ1) is 5.63. The third kappa shape index (κ3) is 2.51. The maximum atomic E-state index is 6.00. The molecule has 0 aromatic carbocycles. The van der Waals surface area contributed by atoms with Gasteiger partial charge < -0.3 is 0 Å². The van der Waals surface area contributed by atoms with Gasteiger partial charge in [0, 0.05) is 0 Å². The van der Waals surface area contributed by atoms with E-state index in [1.165, 1.54) is 25.7 Å². The highest BCUT2D eigenvalue weighted by Gasteiger charge is 2.21. The van der Waals surface area contributed by atoms with E-state index in [1.807, 2.05) is 0 Å². The Kier molecular flexibility index (Phi) is 4.14. The predicted molar refractivity (Wildman–Crippen MR) is 59.4 cm³/mol. The zero-order valence-corrected chi connectivity index (χ0v) is 10.4. The van der Waals surface area contributed by atoms with Gasteiger partial charge in [0.05, 0.1) is 0 Å². The second-order valence-electron chi connectivity index (χ2n) is 3.64. The molecule has 3 heteroatoms. The standard InChI is InChI=1S/C9H16Cl2Si/c1-7-5-3-4-6-9(7)8(2)12(10)11/h8,12H,3-6H2,1-2H3. The van der Waals surface area contributed by atoms with E-state index in [1.54, 1.807) is 11.1 Å². The minimum atomic E-state index is -1.49. The monoisotopic (exact) mass is 222 g/mol. The largest absolute Gasteiger partial charge is 0.243 e. The number of halogens is 2. The van der Waals surface area contributed by atoms with Gasteiger partial charge in [-0.05, 0) is 38.1 Å². The van der Waals surface area contributed by atoms with Gasteiger partial charge in [0.25, 0.3) is 0 Å². The predicted octanol–water partition coefficient (Wildman–Crippen LogP) is 3.97. The van der Waals surface area contributed by atoms with Crippen LogP contribution in [0.3, 0.4) is 0 Å². The Morgan fingerprint density at radius 2 is 1.83 bits per heavy atom. The first kappa shape index (κ1) is 10.6. The van der Waals surface area contributed by atoms with Crippen molar-refractivity contribution in [1.29, 1.82) is 0 Å². The van der Waals surface area contributed by atoms with Crippen molar-refractivity contribution < 1.29 is 0 Å². The summed E-state index contributed by atoms with van der Waals surface area (Å²) in [5.74, 6) is 0. The van der Waals surface area contributed by atoms with Crippen LogP contribution in [0.2, 0.25) is 5.54 Å². The summed E-state index contributed by atoms with van der Waals surface area (Å²) < 4.78 is 0. The molecule has 0 saturated heterocycles. The molecule has 12 heavy (non-hydrogen) atoms. The average Bonchev–Trinajstić information content (AvgIpc) is 2.04. The van der Waals surface area contributed by atoms with Crippen LogP contribution in [-0.2, 0) is 0 Å². The summed E-state index contributed by atoms with van der Waals surface area (Å²) in [6.45, 7) is 4.41. The minimum absolute atomic E-state index is 0.480. The molecule has 1 aliphatic rings. The van der Waals surface area contributed by atoms with Gasteiger partial charge in [-0.25, -0.2) is 0 Å². The normalized spacial score (nSPS) is 21.8. The molecule has 0 radical (unpaired) electrons. The SMILES string of the molecule is CC1=C(C(C)[SiH](Cl)Cl)CCCC1. The first-order valence-corrected chi connectivity index (χ1v) is 8.75. The maximum Gasteiger partial charge on any atom is 0.243 e. The lowest BCUT2D eigenvalue weighted by Crippen LogP contribution is -2.10. The van der Waals surface area contributed by atoms with Crippen molar-refractivity contribution in [2.45, 2.75) is 45.1 Å².